The summed E-state index contributed by atoms with van der Waals surface area (Å²) in [5, 5.41) is 7.30. The molecule has 0 bridgehead atoms. The highest BCUT2D eigenvalue weighted by atomic mass is 35.5. The van der Waals surface area contributed by atoms with Crippen molar-refractivity contribution in [1.29, 1.82) is 0 Å². The molecular weight excluding hydrogens is 609 g/mol. The standard InChI is InChI=1S/C20H5Cl10N/c21-9-3-5(1-7-11(9)15(25)19(29)17(27)13(7)23)31-6-2-8-12(10(22)4-6)16(26)20(30)18(28)14(8)24/h1-4,31H. The molecule has 0 fully saturated rings. The van der Waals surface area contributed by atoms with E-state index in [1.807, 2.05) is 0 Å². The molecule has 0 aliphatic heterocycles. The molecule has 1 N–H and O–H groups in total. The van der Waals surface area contributed by atoms with Crippen LogP contribution in [0.5, 0.6) is 0 Å². The first-order valence-electron chi connectivity index (χ1n) is 8.20. The Bertz CT molecular complexity index is 1310. The lowest BCUT2D eigenvalue weighted by atomic mass is 10.1. The molecule has 31 heavy (non-hydrogen) atoms. The highest BCUT2D eigenvalue weighted by molar-refractivity contribution is 6.58. The smallest absolute Gasteiger partial charge is 0.0800 e. The van der Waals surface area contributed by atoms with Crippen LogP contribution >= 0.6 is 116 Å². The monoisotopic (exact) mass is 609 g/mol. The van der Waals surface area contributed by atoms with Gasteiger partial charge in [-0.15, -0.1) is 0 Å². The van der Waals surface area contributed by atoms with Crippen LogP contribution in [0.3, 0.4) is 0 Å². The molecule has 4 aromatic rings. The second kappa shape index (κ2) is 9.04. The zero-order chi connectivity index (χ0) is 22.8. The van der Waals surface area contributed by atoms with Gasteiger partial charge in [0.15, 0.2) is 0 Å². The summed E-state index contributed by atoms with van der Waals surface area (Å²) >= 11 is 63.0. The largest absolute Gasteiger partial charge is 0.355 e. The van der Waals surface area contributed by atoms with Gasteiger partial charge in [0.25, 0.3) is 0 Å². The normalized spacial score (nSPS) is 11.5. The van der Waals surface area contributed by atoms with E-state index >= 15 is 0 Å². The fraction of sp³-hybridized carbons (Fsp3) is 0. The fourth-order valence-corrected chi connectivity index (χ4v) is 5.93. The molecule has 0 radical (unpaired) electrons. The van der Waals surface area contributed by atoms with E-state index in [0.717, 1.165) is 0 Å². The molecule has 4 aromatic carbocycles. The third kappa shape index (κ3) is 4.10. The minimum absolute atomic E-state index is 0.131. The Balaban J connectivity index is 1.90. The van der Waals surface area contributed by atoms with E-state index in [-0.39, 0.29) is 40.2 Å². The molecule has 0 aromatic heterocycles. The minimum atomic E-state index is 0.131. The van der Waals surface area contributed by atoms with E-state index < -0.39 is 0 Å². The summed E-state index contributed by atoms with van der Waals surface area (Å²) in [6.45, 7) is 0. The first-order valence-corrected chi connectivity index (χ1v) is 12.0. The van der Waals surface area contributed by atoms with Crippen LogP contribution in [-0.2, 0) is 0 Å². The van der Waals surface area contributed by atoms with Crippen LogP contribution in [0.2, 0.25) is 50.2 Å². The van der Waals surface area contributed by atoms with Gasteiger partial charge in [-0.1, -0.05) is 116 Å². The Kier molecular flexibility index (Phi) is 7.07. The number of anilines is 2. The average molecular weight is 614 g/mol. The molecule has 0 heterocycles. The van der Waals surface area contributed by atoms with Crippen LogP contribution in [0.4, 0.5) is 11.4 Å². The van der Waals surface area contributed by atoms with Crippen molar-refractivity contribution < 1.29 is 0 Å². The van der Waals surface area contributed by atoms with E-state index in [1.54, 1.807) is 24.3 Å². The van der Waals surface area contributed by atoms with Gasteiger partial charge < -0.3 is 5.32 Å². The van der Waals surface area contributed by atoms with E-state index in [9.17, 15) is 0 Å². The highest BCUT2D eigenvalue weighted by Crippen LogP contribution is 2.48. The maximum absolute atomic E-state index is 6.46. The molecule has 0 saturated carbocycles. The van der Waals surface area contributed by atoms with Gasteiger partial charge in [-0.05, 0) is 24.3 Å². The molecule has 0 atom stereocenters. The molecule has 0 aliphatic rings. The molecule has 160 valence electrons. The van der Waals surface area contributed by atoms with Gasteiger partial charge in [-0.2, -0.15) is 0 Å². The molecule has 0 unspecified atom stereocenters. The SMILES string of the molecule is Clc1c(Cl)c(Cl)c2c(Cl)cc(Nc3cc(Cl)c4c(Cl)c(Cl)c(Cl)c(Cl)c4c3)cc2c1Cl. The first kappa shape index (κ1) is 24.2. The predicted molar refractivity (Wildman–Crippen MR) is 141 cm³/mol. The summed E-state index contributed by atoms with van der Waals surface area (Å²) < 4.78 is 0. The maximum atomic E-state index is 6.46. The lowest BCUT2D eigenvalue weighted by Gasteiger charge is -2.15. The van der Waals surface area contributed by atoms with Gasteiger partial charge in [0.05, 0.1) is 50.2 Å². The third-order valence-corrected chi connectivity index (χ3v) is 8.77. The summed E-state index contributed by atoms with van der Waals surface area (Å²) in [5.41, 5.74) is 1.18. The van der Waals surface area contributed by atoms with E-state index in [1.165, 1.54) is 0 Å². The van der Waals surface area contributed by atoms with Crippen LogP contribution < -0.4 is 5.32 Å². The van der Waals surface area contributed by atoms with Crippen LogP contribution in [0.25, 0.3) is 21.5 Å². The van der Waals surface area contributed by atoms with Crippen LogP contribution in [0.15, 0.2) is 24.3 Å². The van der Waals surface area contributed by atoms with Gasteiger partial charge in [0, 0.05) is 32.9 Å². The molecule has 1 nitrogen and oxygen atoms in total. The van der Waals surface area contributed by atoms with Gasteiger partial charge >= 0.3 is 0 Å². The minimum Gasteiger partial charge on any atom is -0.355 e. The number of nitrogens with one attached hydrogen (secondary N) is 1. The van der Waals surface area contributed by atoms with E-state index in [2.05, 4.69) is 5.32 Å². The summed E-state index contributed by atoms with van der Waals surface area (Å²) in [6.07, 6.45) is 0. The Hall–Kier alpha value is 0.1000. The zero-order valence-corrected chi connectivity index (χ0v) is 22.1. The van der Waals surface area contributed by atoms with Gasteiger partial charge in [-0.25, -0.2) is 0 Å². The highest BCUT2D eigenvalue weighted by Gasteiger charge is 2.20. The second-order valence-electron chi connectivity index (χ2n) is 6.40. The maximum Gasteiger partial charge on any atom is 0.0800 e. The first-order chi connectivity index (χ1) is 14.5. The predicted octanol–water partition coefficient (Wildman–Crippen LogP) is 12.3. The van der Waals surface area contributed by atoms with E-state index in [0.29, 0.717) is 43.0 Å². The molecule has 0 amide bonds. The van der Waals surface area contributed by atoms with Gasteiger partial charge in [0.2, 0.25) is 0 Å². The molecule has 4 rings (SSSR count). The lowest BCUT2D eigenvalue weighted by Crippen LogP contribution is -1.93. The Labute approximate surface area is 226 Å². The lowest BCUT2D eigenvalue weighted by molar-refractivity contribution is 1.59. The van der Waals surface area contributed by atoms with Crippen molar-refractivity contribution in [3.8, 4) is 0 Å². The van der Waals surface area contributed by atoms with Crippen molar-refractivity contribution in [3.63, 3.8) is 0 Å². The zero-order valence-electron chi connectivity index (χ0n) is 14.6. The van der Waals surface area contributed by atoms with Gasteiger partial charge in [0.1, 0.15) is 0 Å². The Morgan fingerprint density at radius 1 is 0.387 bits per heavy atom. The van der Waals surface area contributed by atoms with Crippen LogP contribution in [0.1, 0.15) is 0 Å². The average Bonchev–Trinajstić information content (AvgIpc) is 2.72. The van der Waals surface area contributed by atoms with Crippen molar-refractivity contribution in [3.05, 3.63) is 74.5 Å². The Morgan fingerprint density at radius 2 is 0.710 bits per heavy atom. The number of benzene rings is 4. The van der Waals surface area contributed by atoms with Crippen molar-refractivity contribution in [2.45, 2.75) is 0 Å². The van der Waals surface area contributed by atoms with Crippen molar-refractivity contribution in [1.82, 2.24) is 0 Å². The summed E-state index contributed by atoms with van der Waals surface area (Å²) in [4.78, 5) is 0. The molecule has 11 heteroatoms. The van der Waals surface area contributed by atoms with Crippen molar-refractivity contribution >= 4 is 149 Å². The van der Waals surface area contributed by atoms with Gasteiger partial charge in [-0.3, -0.25) is 0 Å². The number of hydrogen-bond donors (Lipinski definition) is 1. The number of hydrogen-bond acceptors (Lipinski definition) is 1. The summed E-state index contributed by atoms with van der Waals surface area (Å²) in [6, 6.07) is 6.80. The number of rotatable bonds is 2. The molecule has 0 saturated heterocycles. The molecular formula is C20H5Cl10N. The van der Waals surface area contributed by atoms with Crippen molar-refractivity contribution in [2.75, 3.05) is 5.32 Å². The number of halogens is 10. The summed E-state index contributed by atoms with van der Waals surface area (Å²) in [5.74, 6) is 0. The molecule has 0 spiro atoms. The topological polar surface area (TPSA) is 12.0 Å². The fourth-order valence-electron chi connectivity index (χ4n) is 3.16. The van der Waals surface area contributed by atoms with Crippen LogP contribution in [-0.4, -0.2) is 0 Å². The van der Waals surface area contributed by atoms with Crippen LogP contribution in [0, 0.1) is 0 Å². The van der Waals surface area contributed by atoms with E-state index in [4.69, 9.17) is 116 Å². The quantitative estimate of drug-likeness (QED) is 0.175. The second-order valence-corrected chi connectivity index (χ2v) is 10.2. The molecule has 0 aliphatic carbocycles. The number of fused-ring (bicyclic) bond motifs is 2. The summed E-state index contributed by atoms with van der Waals surface area (Å²) in [7, 11) is 0. The van der Waals surface area contributed by atoms with Crippen molar-refractivity contribution in [2.24, 2.45) is 0 Å². The third-order valence-electron chi connectivity index (χ3n) is 4.54. The Morgan fingerprint density at radius 3 is 1.06 bits per heavy atom.